The molecule has 1 aromatic carbocycles. The van der Waals surface area contributed by atoms with Crippen LogP contribution in [0.1, 0.15) is 48.9 Å². The second-order valence-corrected chi connectivity index (χ2v) is 11.2. The number of nitrogens with zero attached hydrogens (tertiary/aromatic N) is 5. The van der Waals surface area contributed by atoms with E-state index in [1.807, 2.05) is 7.05 Å². The van der Waals surface area contributed by atoms with Crippen LogP contribution in [0.15, 0.2) is 24.4 Å². The maximum atomic E-state index is 15.6. The van der Waals surface area contributed by atoms with Gasteiger partial charge in [0, 0.05) is 24.7 Å². The van der Waals surface area contributed by atoms with Crippen molar-refractivity contribution in [2.24, 2.45) is 0 Å². The fraction of sp³-hybridized carbons (Fsp3) is 0.571. The second-order valence-electron chi connectivity index (χ2n) is 11.2. The third kappa shape index (κ3) is 5.68. The molecule has 0 bridgehead atoms. The molecule has 14 heteroatoms. The van der Waals surface area contributed by atoms with Gasteiger partial charge >= 0.3 is 6.18 Å². The van der Waals surface area contributed by atoms with Gasteiger partial charge in [-0.2, -0.15) is 18.2 Å². The first kappa shape index (κ1) is 29.8. The fourth-order valence-electron chi connectivity index (χ4n) is 5.83. The Morgan fingerprint density at radius 1 is 1.12 bits per heavy atom. The lowest BCUT2D eigenvalue weighted by Gasteiger charge is -2.34. The van der Waals surface area contributed by atoms with Crippen LogP contribution in [0.2, 0.25) is 0 Å². The Morgan fingerprint density at radius 2 is 1.81 bits per heavy atom. The van der Waals surface area contributed by atoms with Crippen molar-refractivity contribution in [1.29, 1.82) is 0 Å². The highest BCUT2D eigenvalue weighted by atomic mass is 19.4. The Kier molecular flexibility index (Phi) is 8.19. The molecule has 1 saturated carbocycles. The number of rotatable bonds is 6. The molecule has 42 heavy (non-hydrogen) atoms. The van der Waals surface area contributed by atoms with Gasteiger partial charge in [0.15, 0.2) is 5.82 Å². The summed E-state index contributed by atoms with van der Waals surface area (Å²) in [5.41, 5.74) is -3.31. The van der Waals surface area contributed by atoms with Gasteiger partial charge in [-0.15, -0.1) is 0 Å². The van der Waals surface area contributed by atoms with Crippen molar-refractivity contribution in [3.8, 4) is 5.75 Å². The molecular formula is C28H35F4N7O3. The van der Waals surface area contributed by atoms with Crippen LogP contribution in [0.5, 0.6) is 5.75 Å². The first-order chi connectivity index (χ1) is 19.9. The van der Waals surface area contributed by atoms with Gasteiger partial charge in [0.2, 0.25) is 5.95 Å². The Morgan fingerprint density at radius 3 is 2.45 bits per heavy atom. The van der Waals surface area contributed by atoms with Gasteiger partial charge in [0.1, 0.15) is 11.4 Å². The SMILES string of the molecule is COc1cc(C(=O)NC2CCN(C)CC2)ccc1Nc1ncc2c(n1)N(C1CCCC1)CC(F)(C(F)(F)F)C(=O)N2C. The van der Waals surface area contributed by atoms with Crippen LogP contribution in [0.3, 0.4) is 0 Å². The van der Waals surface area contributed by atoms with Gasteiger partial charge in [0.25, 0.3) is 17.5 Å². The minimum Gasteiger partial charge on any atom is -0.495 e. The predicted molar refractivity (Wildman–Crippen MR) is 149 cm³/mol. The molecule has 1 saturated heterocycles. The number of benzene rings is 1. The number of likely N-dealkylation sites (tertiary alicyclic amines) is 1. The number of ether oxygens (including phenoxy) is 1. The zero-order chi connectivity index (χ0) is 30.2. The van der Waals surface area contributed by atoms with Crippen molar-refractivity contribution in [2.75, 3.05) is 56.0 Å². The molecule has 228 valence electrons. The van der Waals surface area contributed by atoms with Crippen LogP contribution in [0.4, 0.5) is 40.7 Å². The minimum absolute atomic E-state index is 0.0118. The van der Waals surface area contributed by atoms with Gasteiger partial charge in [-0.25, -0.2) is 9.37 Å². The molecule has 2 fully saturated rings. The minimum atomic E-state index is -5.42. The van der Waals surface area contributed by atoms with Crippen LogP contribution in [0, 0.1) is 0 Å². The van der Waals surface area contributed by atoms with Gasteiger partial charge in [-0.3, -0.25) is 9.59 Å². The van der Waals surface area contributed by atoms with Crippen molar-refractivity contribution in [3.63, 3.8) is 0 Å². The van der Waals surface area contributed by atoms with Crippen molar-refractivity contribution < 1.29 is 31.9 Å². The summed E-state index contributed by atoms with van der Waals surface area (Å²) in [5, 5.41) is 6.06. The number of halogens is 4. The van der Waals surface area contributed by atoms with E-state index < -0.39 is 30.3 Å². The molecule has 1 atom stereocenters. The third-order valence-electron chi connectivity index (χ3n) is 8.39. The summed E-state index contributed by atoms with van der Waals surface area (Å²) in [4.78, 5) is 38.5. The number of hydrogen-bond donors (Lipinski definition) is 2. The van der Waals surface area contributed by atoms with E-state index in [4.69, 9.17) is 4.74 Å². The van der Waals surface area contributed by atoms with E-state index >= 15 is 4.39 Å². The lowest BCUT2D eigenvalue weighted by Crippen LogP contribution is -2.59. The van der Waals surface area contributed by atoms with Crippen molar-refractivity contribution in [3.05, 3.63) is 30.0 Å². The monoisotopic (exact) mass is 593 g/mol. The van der Waals surface area contributed by atoms with E-state index in [-0.39, 0.29) is 29.4 Å². The molecule has 3 heterocycles. The number of methoxy groups -OCH3 is 1. The number of amides is 2. The molecule has 2 amide bonds. The molecule has 2 aromatic rings. The number of anilines is 4. The van der Waals surface area contributed by atoms with Crippen molar-refractivity contribution in [1.82, 2.24) is 20.2 Å². The van der Waals surface area contributed by atoms with Crippen LogP contribution in [0.25, 0.3) is 0 Å². The van der Waals surface area contributed by atoms with Crippen LogP contribution < -0.4 is 25.2 Å². The Balaban J connectivity index is 1.42. The number of carbonyl (C=O) groups excluding carboxylic acids is 2. The summed E-state index contributed by atoms with van der Waals surface area (Å²) >= 11 is 0. The highest BCUT2D eigenvalue weighted by molar-refractivity contribution is 6.03. The predicted octanol–water partition coefficient (Wildman–Crippen LogP) is 4.05. The average Bonchev–Trinajstić information content (AvgIpc) is 3.48. The van der Waals surface area contributed by atoms with E-state index in [1.165, 1.54) is 18.2 Å². The normalized spacial score (nSPS) is 22.6. The number of carbonyl (C=O) groups is 2. The van der Waals surface area contributed by atoms with Crippen LogP contribution >= 0.6 is 0 Å². The molecular weight excluding hydrogens is 558 g/mol. The number of piperidine rings is 1. The highest BCUT2D eigenvalue weighted by Crippen LogP contribution is 2.45. The van der Waals surface area contributed by atoms with E-state index in [0.29, 0.717) is 34.7 Å². The Hall–Kier alpha value is -3.68. The molecule has 1 unspecified atom stereocenters. The van der Waals surface area contributed by atoms with E-state index in [2.05, 4.69) is 25.5 Å². The van der Waals surface area contributed by atoms with Gasteiger partial charge in [0.05, 0.1) is 25.5 Å². The number of alkyl halides is 4. The quantitative estimate of drug-likeness (QED) is 0.484. The summed E-state index contributed by atoms with van der Waals surface area (Å²) in [7, 11) is 4.58. The topological polar surface area (TPSA) is 103 Å². The summed E-state index contributed by atoms with van der Waals surface area (Å²) < 4.78 is 63.0. The molecule has 1 aromatic heterocycles. The summed E-state index contributed by atoms with van der Waals surface area (Å²) in [6.45, 7) is 0.614. The van der Waals surface area contributed by atoms with Crippen LogP contribution in [-0.4, -0.2) is 91.5 Å². The van der Waals surface area contributed by atoms with Gasteiger partial charge < -0.3 is 30.1 Å². The zero-order valence-corrected chi connectivity index (χ0v) is 23.8. The number of aromatic nitrogens is 2. The standard InChI is InChI=1S/C28H35F4N7O3/c1-37-12-10-18(11-13-37)34-24(40)17-8-9-20(22(14-17)42-3)35-26-33-15-21-23(36-26)39(19-6-4-5-7-19)16-27(29,28(30,31)32)25(41)38(21)2/h8-9,14-15,18-19H,4-7,10-13,16H2,1-3H3,(H,34,40)(H,33,35,36). The van der Waals surface area contributed by atoms with E-state index in [0.717, 1.165) is 45.8 Å². The Labute approximate surface area is 241 Å². The molecule has 3 aliphatic rings. The van der Waals surface area contributed by atoms with E-state index in [1.54, 1.807) is 18.2 Å². The van der Waals surface area contributed by atoms with Gasteiger partial charge in [-0.1, -0.05) is 12.8 Å². The molecule has 1 aliphatic carbocycles. The number of hydrogen-bond acceptors (Lipinski definition) is 8. The second kappa shape index (κ2) is 11.5. The average molecular weight is 594 g/mol. The Bertz CT molecular complexity index is 1330. The first-order valence-corrected chi connectivity index (χ1v) is 14.0. The fourth-order valence-corrected chi connectivity index (χ4v) is 5.83. The summed E-state index contributed by atoms with van der Waals surface area (Å²) in [6, 6.07) is 4.49. The smallest absolute Gasteiger partial charge is 0.433 e. The van der Waals surface area contributed by atoms with Gasteiger partial charge in [-0.05, 0) is 64.0 Å². The van der Waals surface area contributed by atoms with Crippen molar-refractivity contribution >= 4 is 35.0 Å². The highest BCUT2D eigenvalue weighted by Gasteiger charge is 2.65. The number of fused-ring (bicyclic) bond motifs is 1. The largest absolute Gasteiger partial charge is 0.495 e. The van der Waals surface area contributed by atoms with Crippen LogP contribution in [-0.2, 0) is 4.79 Å². The van der Waals surface area contributed by atoms with E-state index in [9.17, 15) is 22.8 Å². The molecule has 0 radical (unpaired) electrons. The summed E-state index contributed by atoms with van der Waals surface area (Å²) in [5.74, 6) is -1.57. The third-order valence-corrected chi connectivity index (χ3v) is 8.39. The maximum absolute atomic E-state index is 15.6. The molecule has 0 spiro atoms. The maximum Gasteiger partial charge on any atom is 0.433 e. The summed E-state index contributed by atoms with van der Waals surface area (Å²) in [6.07, 6.45) is 0.163. The van der Waals surface area contributed by atoms with Crippen molar-refractivity contribution in [2.45, 2.75) is 62.5 Å². The molecule has 2 aliphatic heterocycles. The lowest BCUT2D eigenvalue weighted by atomic mass is 10.0. The number of nitrogens with one attached hydrogen (secondary N) is 2. The molecule has 5 rings (SSSR count). The molecule has 10 nitrogen and oxygen atoms in total. The first-order valence-electron chi connectivity index (χ1n) is 14.0. The molecule has 2 N–H and O–H groups in total. The lowest BCUT2D eigenvalue weighted by molar-refractivity contribution is -0.222. The zero-order valence-electron chi connectivity index (χ0n) is 23.8.